The van der Waals surface area contributed by atoms with Gasteiger partial charge < -0.3 is 19.8 Å². The molecule has 1 aliphatic heterocycles. The van der Waals surface area contributed by atoms with E-state index < -0.39 is 0 Å². The molecule has 22 heavy (non-hydrogen) atoms. The van der Waals surface area contributed by atoms with Crippen LogP contribution in [0, 0.1) is 0 Å². The summed E-state index contributed by atoms with van der Waals surface area (Å²) < 4.78 is 7.64. The van der Waals surface area contributed by atoms with Crippen LogP contribution in [-0.4, -0.2) is 52.5 Å². The second kappa shape index (κ2) is 6.89. The molecule has 1 fully saturated rings. The van der Waals surface area contributed by atoms with E-state index in [0.717, 1.165) is 38.0 Å². The summed E-state index contributed by atoms with van der Waals surface area (Å²) in [6.07, 6.45) is 8.36. The van der Waals surface area contributed by atoms with Gasteiger partial charge >= 0.3 is 0 Å². The number of carbonyl (C=O) groups is 1. The number of amides is 1. The summed E-state index contributed by atoms with van der Waals surface area (Å²) in [7, 11) is 0. The number of ether oxygens (including phenoxy) is 1. The number of nitrogens with zero attached hydrogens (tertiary/aromatic N) is 3. The van der Waals surface area contributed by atoms with E-state index >= 15 is 0 Å². The second-order valence-electron chi connectivity index (χ2n) is 5.62. The standard InChI is InChI=1S/C16H22N4O2/c17-6-1-11-22-14-4-8-19(9-5-14)16(21)13-2-3-15-18-7-10-20(15)12-13/h2-3,7,10,12,14H,1,4-6,8-9,11,17H2. The van der Waals surface area contributed by atoms with Crippen LogP contribution in [0.5, 0.6) is 0 Å². The number of nitrogens with two attached hydrogens (primary N) is 1. The van der Waals surface area contributed by atoms with Crippen LogP contribution in [-0.2, 0) is 4.74 Å². The fourth-order valence-corrected chi connectivity index (χ4v) is 2.79. The molecule has 0 atom stereocenters. The highest BCUT2D eigenvalue weighted by molar-refractivity contribution is 5.94. The fraction of sp³-hybridized carbons (Fsp3) is 0.500. The van der Waals surface area contributed by atoms with Gasteiger partial charge in [-0.1, -0.05) is 0 Å². The molecular formula is C16H22N4O2. The first-order valence-corrected chi connectivity index (χ1v) is 7.81. The summed E-state index contributed by atoms with van der Waals surface area (Å²) in [5.74, 6) is 0.0796. The number of piperidine rings is 1. The second-order valence-corrected chi connectivity index (χ2v) is 5.62. The average molecular weight is 302 g/mol. The van der Waals surface area contributed by atoms with Gasteiger partial charge in [0.25, 0.3) is 5.91 Å². The molecule has 0 saturated carbocycles. The molecular weight excluding hydrogens is 280 g/mol. The number of pyridine rings is 1. The third-order valence-corrected chi connectivity index (χ3v) is 4.07. The summed E-state index contributed by atoms with van der Waals surface area (Å²) in [6, 6.07) is 3.71. The van der Waals surface area contributed by atoms with Crippen LogP contribution >= 0.6 is 0 Å². The Morgan fingerprint density at radius 1 is 1.36 bits per heavy atom. The van der Waals surface area contributed by atoms with E-state index in [4.69, 9.17) is 10.5 Å². The van der Waals surface area contributed by atoms with Gasteiger partial charge in [-0.3, -0.25) is 4.79 Å². The lowest BCUT2D eigenvalue weighted by Crippen LogP contribution is -2.41. The molecule has 118 valence electrons. The van der Waals surface area contributed by atoms with Crippen molar-refractivity contribution in [3.63, 3.8) is 0 Å². The van der Waals surface area contributed by atoms with Crippen LogP contribution in [0.1, 0.15) is 29.6 Å². The number of fused-ring (bicyclic) bond motifs is 1. The Balaban J connectivity index is 1.57. The molecule has 1 saturated heterocycles. The van der Waals surface area contributed by atoms with Gasteiger partial charge in [-0.2, -0.15) is 0 Å². The van der Waals surface area contributed by atoms with Crippen molar-refractivity contribution in [2.24, 2.45) is 5.73 Å². The summed E-state index contributed by atoms with van der Waals surface area (Å²) in [5, 5.41) is 0. The van der Waals surface area contributed by atoms with Gasteiger partial charge in [-0.15, -0.1) is 0 Å². The first kappa shape index (κ1) is 15.0. The quantitative estimate of drug-likeness (QED) is 0.845. The largest absolute Gasteiger partial charge is 0.378 e. The van der Waals surface area contributed by atoms with Crippen LogP contribution in [0.4, 0.5) is 0 Å². The maximum Gasteiger partial charge on any atom is 0.255 e. The normalized spacial score (nSPS) is 16.3. The molecule has 0 aliphatic carbocycles. The van der Waals surface area contributed by atoms with E-state index in [-0.39, 0.29) is 12.0 Å². The van der Waals surface area contributed by atoms with E-state index in [9.17, 15) is 4.79 Å². The SMILES string of the molecule is NCCCOC1CCN(C(=O)c2ccc3nccn3c2)CC1. The van der Waals surface area contributed by atoms with E-state index in [1.54, 1.807) is 6.20 Å². The molecule has 0 bridgehead atoms. The zero-order valence-corrected chi connectivity index (χ0v) is 12.6. The Hall–Kier alpha value is -1.92. The third-order valence-electron chi connectivity index (χ3n) is 4.07. The summed E-state index contributed by atoms with van der Waals surface area (Å²) in [4.78, 5) is 18.7. The van der Waals surface area contributed by atoms with Crippen LogP contribution < -0.4 is 5.73 Å². The number of likely N-dealkylation sites (tertiary alicyclic amines) is 1. The van der Waals surface area contributed by atoms with Gasteiger partial charge in [0.1, 0.15) is 5.65 Å². The van der Waals surface area contributed by atoms with Crippen LogP contribution in [0.15, 0.2) is 30.7 Å². The van der Waals surface area contributed by atoms with Crippen molar-refractivity contribution in [1.29, 1.82) is 0 Å². The minimum atomic E-state index is 0.0796. The van der Waals surface area contributed by atoms with Gasteiger partial charge in [-0.05, 0) is 37.9 Å². The van der Waals surface area contributed by atoms with E-state index in [0.29, 0.717) is 18.7 Å². The van der Waals surface area contributed by atoms with Gasteiger partial charge in [0.15, 0.2) is 0 Å². The zero-order valence-electron chi connectivity index (χ0n) is 12.6. The highest BCUT2D eigenvalue weighted by atomic mass is 16.5. The molecule has 0 radical (unpaired) electrons. The lowest BCUT2D eigenvalue weighted by atomic mass is 10.1. The van der Waals surface area contributed by atoms with Crippen molar-refractivity contribution >= 4 is 11.6 Å². The van der Waals surface area contributed by atoms with Crippen molar-refractivity contribution < 1.29 is 9.53 Å². The minimum absolute atomic E-state index is 0.0796. The number of rotatable bonds is 5. The number of hydrogen-bond acceptors (Lipinski definition) is 4. The van der Waals surface area contributed by atoms with Crippen molar-refractivity contribution in [1.82, 2.24) is 14.3 Å². The first-order chi connectivity index (χ1) is 10.8. The Kier molecular flexibility index (Phi) is 4.70. The molecule has 2 N–H and O–H groups in total. The smallest absolute Gasteiger partial charge is 0.255 e. The highest BCUT2D eigenvalue weighted by Crippen LogP contribution is 2.17. The number of carbonyl (C=O) groups excluding carboxylic acids is 1. The Morgan fingerprint density at radius 2 is 2.18 bits per heavy atom. The molecule has 0 spiro atoms. The molecule has 0 aromatic carbocycles. The molecule has 6 nitrogen and oxygen atoms in total. The van der Waals surface area contributed by atoms with Crippen molar-refractivity contribution in [2.45, 2.75) is 25.4 Å². The topological polar surface area (TPSA) is 72.9 Å². The average Bonchev–Trinajstić information content (AvgIpc) is 3.02. The third kappa shape index (κ3) is 3.28. The van der Waals surface area contributed by atoms with Crippen LogP contribution in [0.2, 0.25) is 0 Å². The zero-order chi connectivity index (χ0) is 15.4. The predicted octanol–water partition coefficient (Wildman–Crippen LogP) is 1.30. The molecule has 6 heteroatoms. The maximum absolute atomic E-state index is 12.6. The Labute approximate surface area is 129 Å². The monoisotopic (exact) mass is 302 g/mol. The molecule has 1 aliphatic rings. The van der Waals surface area contributed by atoms with E-state index in [1.807, 2.05) is 33.8 Å². The van der Waals surface area contributed by atoms with Gasteiger partial charge in [0.05, 0.1) is 11.7 Å². The maximum atomic E-state index is 12.6. The lowest BCUT2D eigenvalue weighted by Gasteiger charge is -2.32. The number of aromatic nitrogens is 2. The molecule has 2 aromatic heterocycles. The molecule has 2 aromatic rings. The van der Waals surface area contributed by atoms with E-state index in [2.05, 4.69) is 4.98 Å². The molecule has 3 heterocycles. The van der Waals surface area contributed by atoms with Crippen molar-refractivity contribution in [3.05, 3.63) is 36.3 Å². The molecule has 0 unspecified atom stereocenters. The van der Waals surface area contributed by atoms with Gasteiger partial charge in [0.2, 0.25) is 0 Å². The van der Waals surface area contributed by atoms with Crippen molar-refractivity contribution in [3.8, 4) is 0 Å². The predicted molar refractivity (Wildman–Crippen MR) is 83.7 cm³/mol. The van der Waals surface area contributed by atoms with Crippen LogP contribution in [0.25, 0.3) is 5.65 Å². The minimum Gasteiger partial charge on any atom is -0.378 e. The molecule has 1 amide bonds. The highest BCUT2D eigenvalue weighted by Gasteiger charge is 2.24. The lowest BCUT2D eigenvalue weighted by molar-refractivity contribution is 0.00843. The van der Waals surface area contributed by atoms with Gasteiger partial charge in [0, 0.05) is 38.3 Å². The number of imidazole rings is 1. The first-order valence-electron chi connectivity index (χ1n) is 7.81. The van der Waals surface area contributed by atoms with E-state index in [1.165, 1.54) is 0 Å². The van der Waals surface area contributed by atoms with Crippen molar-refractivity contribution in [2.75, 3.05) is 26.2 Å². The summed E-state index contributed by atoms with van der Waals surface area (Å²) in [6.45, 7) is 2.86. The molecule has 3 rings (SSSR count). The Bertz CT molecular complexity index is 632. The fourth-order valence-electron chi connectivity index (χ4n) is 2.79. The van der Waals surface area contributed by atoms with Crippen LogP contribution in [0.3, 0.4) is 0 Å². The Morgan fingerprint density at radius 3 is 2.95 bits per heavy atom. The summed E-state index contributed by atoms with van der Waals surface area (Å²) in [5.41, 5.74) is 7.02. The summed E-state index contributed by atoms with van der Waals surface area (Å²) >= 11 is 0. The van der Waals surface area contributed by atoms with Gasteiger partial charge in [-0.25, -0.2) is 4.98 Å². The number of hydrogen-bond donors (Lipinski definition) is 1.